The maximum atomic E-state index is 11.6. The number of hydrogen-bond donors (Lipinski definition) is 4. The molecule has 0 spiro atoms. The Kier molecular flexibility index (Phi) is 7.48. The summed E-state index contributed by atoms with van der Waals surface area (Å²) in [6.45, 7) is 0. The molecule has 0 fully saturated rings. The van der Waals surface area contributed by atoms with Crippen molar-refractivity contribution in [3.05, 3.63) is 82.3 Å². The predicted octanol–water partition coefficient (Wildman–Crippen LogP) is 6.45. The quantitative estimate of drug-likeness (QED) is 0.193. The molecule has 4 rings (SSSR count). The summed E-state index contributed by atoms with van der Waals surface area (Å²) in [5, 5.41) is 8.49. The summed E-state index contributed by atoms with van der Waals surface area (Å²) in [5.41, 5.74) is 0. The first-order chi connectivity index (χ1) is 14.5. The van der Waals surface area contributed by atoms with Gasteiger partial charge in [0.15, 0.2) is 22.2 Å². The largest absolute Gasteiger partial charge is 0.302 e. The first-order valence-electron chi connectivity index (χ1n) is 8.64. The van der Waals surface area contributed by atoms with Crippen molar-refractivity contribution in [1.82, 2.24) is 0 Å². The molecule has 0 saturated carbocycles. The number of thiol groups is 2. The Morgan fingerprint density at radius 1 is 0.633 bits per heavy atom. The molecule has 0 amide bonds. The standard InChI is InChI=1S/C20H18O4S6/c21-29(22)15-5-7-17(19(13-15)27-9-1-2-10-27)25-26-18-8-6-16(30(23)24)14-20(18)28-11-3-4-12-28/h1-14,27-28H,(H,21,22)(H,23,24). The summed E-state index contributed by atoms with van der Waals surface area (Å²) < 4.78 is 42.1. The lowest BCUT2D eigenvalue weighted by Gasteiger charge is -2.18. The lowest BCUT2D eigenvalue weighted by Crippen LogP contribution is -1.92. The molecule has 2 N–H and O–H groups in total. The normalized spacial score (nSPS) is 19.0. The van der Waals surface area contributed by atoms with Crippen molar-refractivity contribution in [2.75, 3.05) is 0 Å². The van der Waals surface area contributed by atoms with Crippen LogP contribution in [0.3, 0.4) is 0 Å². The zero-order valence-electron chi connectivity index (χ0n) is 15.3. The molecule has 0 radical (unpaired) electrons. The zero-order chi connectivity index (χ0) is 21.1. The van der Waals surface area contributed by atoms with Gasteiger partial charge in [-0.1, -0.05) is 45.9 Å². The highest BCUT2D eigenvalue weighted by atomic mass is 33.1. The second-order valence-electron chi connectivity index (χ2n) is 6.10. The molecule has 2 aromatic rings. The van der Waals surface area contributed by atoms with Crippen LogP contribution in [-0.4, -0.2) is 17.5 Å². The van der Waals surface area contributed by atoms with E-state index >= 15 is 0 Å². The van der Waals surface area contributed by atoms with Gasteiger partial charge in [0.25, 0.3) is 0 Å². The molecule has 0 bridgehead atoms. The minimum absolute atomic E-state index is 0.399. The molecule has 2 aliphatic rings. The fraction of sp³-hybridized carbons (Fsp3) is 0. The molecule has 2 unspecified atom stereocenters. The number of allylic oxidation sites excluding steroid dienone is 4. The van der Waals surface area contributed by atoms with Gasteiger partial charge in [-0.25, -0.2) is 8.42 Å². The van der Waals surface area contributed by atoms with Gasteiger partial charge in [-0.05, 0) is 58.0 Å². The highest BCUT2D eigenvalue weighted by Gasteiger charge is 2.17. The first kappa shape index (κ1) is 22.2. The van der Waals surface area contributed by atoms with E-state index in [1.165, 1.54) is 0 Å². The predicted molar refractivity (Wildman–Crippen MR) is 134 cm³/mol. The van der Waals surface area contributed by atoms with Crippen LogP contribution >= 0.6 is 43.4 Å². The molecule has 2 aliphatic heterocycles. The maximum absolute atomic E-state index is 11.6. The third-order valence-electron chi connectivity index (χ3n) is 4.25. The van der Waals surface area contributed by atoms with Crippen molar-refractivity contribution in [2.24, 2.45) is 0 Å². The van der Waals surface area contributed by atoms with Gasteiger partial charge in [0.2, 0.25) is 0 Å². The summed E-state index contributed by atoms with van der Waals surface area (Å²) in [6, 6.07) is 10.8. The second kappa shape index (κ2) is 10.1. The van der Waals surface area contributed by atoms with Crippen LogP contribution in [0.15, 0.2) is 112 Å². The van der Waals surface area contributed by atoms with Gasteiger partial charge in [0.1, 0.15) is 0 Å². The van der Waals surface area contributed by atoms with E-state index in [9.17, 15) is 17.5 Å². The number of rotatable bonds is 7. The lowest BCUT2D eigenvalue weighted by atomic mass is 10.4. The summed E-state index contributed by atoms with van der Waals surface area (Å²) >= 11 is -4.04. The van der Waals surface area contributed by atoms with Crippen molar-refractivity contribution < 1.29 is 17.5 Å². The molecular formula is C20H18O4S6. The highest BCUT2D eigenvalue weighted by molar-refractivity contribution is 8.76. The van der Waals surface area contributed by atoms with Crippen LogP contribution in [0.25, 0.3) is 0 Å². The maximum Gasteiger partial charge on any atom is 0.186 e. The van der Waals surface area contributed by atoms with Crippen LogP contribution in [0.4, 0.5) is 0 Å². The van der Waals surface area contributed by atoms with E-state index < -0.39 is 44.0 Å². The number of hydrogen-bond acceptors (Lipinski definition) is 4. The van der Waals surface area contributed by atoms with Crippen molar-refractivity contribution in [3.63, 3.8) is 0 Å². The van der Waals surface area contributed by atoms with Crippen LogP contribution in [0.2, 0.25) is 0 Å². The Bertz CT molecular complexity index is 1020. The van der Waals surface area contributed by atoms with Gasteiger partial charge >= 0.3 is 0 Å². The van der Waals surface area contributed by atoms with Crippen LogP contribution in [0.5, 0.6) is 0 Å². The third kappa shape index (κ3) is 5.08. The van der Waals surface area contributed by atoms with Gasteiger partial charge in [0.05, 0.1) is 9.79 Å². The van der Waals surface area contributed by atoms with Crippen molar-refractivity contribution in [3.8, 4) is 0 Å². The van der Waals surface area contributed by atoms with Crippen molar-refractivity contribution in [1.29, 1.82) is 0 Å². The molecule has 0 saturated heterocycles. The third-order valence-corrected chi connectivity index (χ3v) is 12.2. The van der Waals surface area contributed by atoms with E-state index in [2.05, 4.69) is 21.6 Å². The van der Waals surface area contributed by atoms with Gasteiger partial charge in [-0.2, -0.15) is 21.8 Å². The average molecular weight is 515 g/mol. The molecular weight excluding hydrogens is 497 g/mol. The minimum Gasteiger partial charge on any atom is -0.302 e. The van der Waals surface area contributed by atoms with E-state index in [1.54, 1.807) is 33.7 Å². The highest BCUT2D eigenvalue weighted by Crippen LogP contribution is 2.54. The minimum atomic E-state index is -2.02. The Labute approximate surface area is 193 Å². The molecule has 2 aromatic carbocycles. The Morgan fingerprint density at radius 3 is 1.33 bits per heavy atom. The van der Waals surface area contributed by atoms with Crippen molar-refractivity contribution >= 4 is 65.5 Å². The number of benzene rings is 2. The molecule has 30 heavy (non-hydrogen) atoms. The lowest BCUT2D eigenvalue weighted by molar-refractivity contribution is 0.562. The summed E-state index contributed by atoms with van der Waals surface area (Å²) in [7, 11) is 1.92. The smallest absolute Gasteiger partial charge is 0.186 e. The molecule has 0 aromatic heterocycles. The zero-order valence-corrected chi connectivity index (χ0v) is 20.4. The fourth-order valence-corrected chi connectivity index (χ4v) is 10.4. The molecule has 4 nitrogen and oxygen atoms in total. The Balaban J connectivity index is 1.65. The Morgan fingerprint density at radius 2 is 1.00 bits per heavy atom. The Hall–Kier alpha value is -0.980. The topological polar surface area (TPSA) is 74.6 Å². The van der Waals surface area contributed by atoms with Crippen LogP contribution in [-0.2, 0) is 22.2 Å². The van der Waals surface area contributed by atoms with E-state index in [-0.39, 0.29) is 0 Å². The monoisotopic (exact) mass is 514 g/mol. The van der Waals surface area contributed by atoms with Crippen LogP contribution < -0.4 is 0 Å². The van der Waals surface area contributed by atoms with Crippen LogP contribution in [0.1, 0.15) is 0 Å². The van der Waals surface area contributed by atoms with E-state index in [0.29, 0.717) is 9.79 Å². The average Bonchev–Trinajstić information content (AvgIpc) is 3.46. The molecule has 2 atom stereocenters. The van der Waals surface area contributed by atoms with Gasteiger partial charge < -0.3 is 9.11 Å². The van der Waals surface area contributed by atoms with E-state index in [1.807, 2.05) is 48.6 Å². The summed E-state index contributed by atoms with van der Waals surface area (Å²) in [5.74, 6) is 0. The molecule has 2 heterocycles. The van der Waals surface area contributed by atoms with E-state index in [0.717, 1.165) is 19.6 Å². The van der Waals surface area contributed by atoms with Gasteiger partial charge in [-0.15, -0.1) is 0 Å². The fourth-order valence-electron chi connectivity index (χ4n) is 2.84. The summed E-state index contributed by atoms with van der Waals surface area (Å²) in [6.07, 6.45) is 8.01. The van der Waals surface area contributed by atoms with Gasteiger partial charge in [0, 0.05) is 19.6 Å². The second-order valence-corrected chi connectivity index (χ2v) is 14.0. The molecule has 0 aliphatic carbocycles. The summed E-state index contributed by atoms with van der Waals surface area (Å²) in [4.78, 5) is 4.98. The SMILES string of the molecule is O=S(O)c1ccc(SSc2ccc(S(=O)O)cc2[SH]2C=CC=C2)c([SH]2C=CC=C2)c1. The van der Waals surface area contributed by atoms with Crippen LogP contribution in [0, 0.1) is 0 Å². The molecule has 158 valence electrons. The van der Waals surface area contributed by atoms with E-state index in [4.69, 9.17) is 0 Å². The molecule has 10 heteroatoms. The van der Waals surface area contributed by atoms with Crippen molar-refractivity contribution in [2.45, 2.75) is 29.4 Å². The first-order valence-corrected chi connectivity index (χ1v) is 16.0. The van der Waals surface area contributed by atoms with Gasteiger partial charge in [-0.3, -0.25) is 0 Å².